The number of aromatic nitrogens is 2. The monoisotopic (exact) mass is 315 g/mol. The van der Waals surface area contributed by atoms with Crippen molar-refractivity contribution in [3.05, 3.63) is 17.6 Å². The number of nitriles is 1. The molecule has 2 atom stereocenters. The summed E-state index contributed by atoms with van der Waals surface area (Å²) in [7, 11) is 1.78. The molecule has 2 saturated heterocycles. The van der Waals surface area contributed by atoms with Gasteiger partial charge in [0.2, 0.25) is 0 Å². The fourth-order valence-electron chi connectivity index (χ4n) is 3.61. The molecule has 0 N–H and O–H groups in total. The molecular formula is C17H25N5O. The Morgan fingerprint density at radius 3 is 2.78 bits per heavy atom. The van der Waals surface area contributed by atoms with E-state index in [0.717, 1.165) is 37.6 Å². The van der Waals surface area contributed by atoms with E-state index >= 15 is 0 Å². The summed E-state index contributed by atoms with van der Waals surface area (Å²) in [4.78, 5) is 13.8. The van der Waals surface area contributed by atoms with Crippen molar-refractivity contribution in [1.82, 2.24) is 14.9 Å². The number of methoxy groups -OCH3 is 1. The topological polar surface area (TPSA) is 65.3 Å². The van der Waals surface area contributed by atoms with Gasteiger partial charge in [0.05, 0.1) is 6.10 Å². The second kappa shape index (κ2) is 7.24. The molecule has 0 aromatic carbocycles. The number of hydrogen-bond acceptors (Lipinski definition) is 6. The average molecular weight is 315 g/mol. The first kappa shape index (κ1) is 16.2. The Balaban J connectivity index is 1.83. The first-order chi connectivity index (χ1) is 11.2. The van der Waals surface area contributed by atoms with Crippen molar-refractivity contribution in [3.63, 3.8) is 0 Å². The quantitative estimate of drug-likeness (QED) is 0.822. The van der Waals surface area contributed by atoms with Gasteiger partial charge >= 0.3 is 0 Å². The number of rotatable bonds is 5. The second-order valence-corrected chi connectivity index (χ2v) is 6.40. The zero-order chi connectivity index (χ0) is 16.2. The Kier molecular flexibility index (Phi) is 5.09. The molecule has 124 valence electrons. The van der Waals surface area contributed by atoms with Gasteiger partial charge in [-0.1, -0.05) is 6.92 Å². The Morgan fingerprint density at radius 2 is 2.13 bits per heavy atom. The van der Waals surface area contributed by atoms with Gasteiger partial charge in [-0.3, -0.25) is 0 Å². The van der Waals surface area contributed by atoms with Crippen LogP contribution in [0.5, 0.6) is 0 Å². The van der Waals surface area contributed by atoms with E-state index in [-0.39, 0.29) is 6.10 Å². The summed E-state index contributed by atoms with van der Waals surface area (Å²) < 4.78 is 5.60. The Hall–Kier alpha value is -1.71. The molecule has 1 aromatic heterocycles. The lowest BCUT2D eigenvalue weighted by atomic mass is 10.2. The normalized spacial score (nSPS) is 25.0. The lowest BCUT2D eigenvalue weighted by Gasteiger charge is -2.29. The van der Waals surface area contributed by atoms with E-state index < -0.39 is 0 Å². The van der Waals surface area contributed by atoms with E-state index in [1.165, 1.54) is 25.9 Å². The third kappa shape index (κ3) is 3.62. The molecule has 0 spiro atoms. The molecule has 0 amide bonds. The minimum Gasteiger partial charge on any atom is -0.380 e. The standard InChI is InChI=1S/C17H25N5O/c1-3-16-19-13(10-18)8-17(20-16)22-12-15(23-2)9-14(22)11-21-6-4-5-7-21/h8,14-15H,3-7,9,11-12H2,1-2H3/t14-,15-/m0/s1. The third-order valence-corrected chi connectivity index (χ3v) is 4.86. The largest absolute Gasteiger partial charge is 0.380 e. The molecule has 6 heteroatoms. The highest BCUT2D eigenvalue weighted by molar-refractivity contribution is 5.45. The van der Waals surface area contributed by atoms with Crippen molar-refractivity contribution in [2.45, 2.75) is 44.8 Å². The van der Waals surface area contributed by atoms with Crippen molar-refractivity contribution >= 4 is 5.82 Å². The van der Waals surface area contributed by atoms with Crippen LogP contribution in [-0.2, 0) is 11.2 Å². The van der Waals surface area contributed by atoms with Gasteiger partial charge in [0, 0.05) is 38.7 Å². The van der Waals surface area contributed by atoms with E-state index in [1.807, 2.05) is 13.0 Å². The van der Waals surface area contributed by atoms with E-state index in [2.05, 4.69) is 25.8 Å². The van der Waals surface area contributed by atoms with Gasteiger partial charge in [0.25, 0.3) is 0 Å². The molecule has 0 radical (unpaired) electrons. The van der Waals surface area contributed by atoms with Gasteiger partial charge in [0.15, 0.2) is 0 Å². The summed E-state index contributed by atoms with van der Waals surface area (Å²) >= 11 is 0. The Morgan fingerprint density at radius 1 is 1.35 bits per heavy atom. The minimum atomic E-state index is 0.230. The van der Waals surface area contributed by atoms with Gasteiger partial charge in [0.1, 0.15) is 23.4 Å². The zero-order valence-electron chi connectivity index (χ0n) is 14.0. The van der Waals surface area contributed by atoms with Gasteiger partial charge in [-0.25, -0.2) is 9.97 Å². The van der Waals surface area contributed by atoms with E-state index in [0.29, 0.717) is 11.7 Å². The smallest absolute Gasteiger partial charge is 0.146 e. The van der Waals surface area contributed by atoms with Crippen LogP contribution in [0.4, 0.5) is 5.82 Å². The third-order valence-electron chi connectivity index (χ3n) is 4.86. The molecule has 6 nitrogen and oxygen atoms in total. The minimum absolute atomic E-state index is 0.230. The van der Waals surface area contributed by atoms with Crippen LogP contribution in [-0.4, -0.2) is 60.3 Å². The summed E-state index contributed by atoms with van der Waals surface area (Å²) in [5.74, 6) is 1.61. The van der Waals surface area contributed by atoms with Gasteiger partial charge in [-0.05, 0) is 32.4 Å². The van der Waals surface area contributed by atoms with Crippen molar-refractivity contribution in [2.75, 3.05) is 38.2 Å². The average Bonchev–Trinajstić information content (AvgIpc) is 3.24. The summed E-state index contributed by atoms with van der Waals surface area (Å²) in [5, 5.41) is 9.23. The van der Waals surface area contributed by atoms with Crippen molar-refractivity contribution in [2.24, 2.45) is 0 Å². The molecule has 0 aliphatic carbocycles. The fourth-order valence-corrected chi connectivity index (χ4v) is 3.61. The Bertz CT molecular complexity index is 579. The number of aryl methyl sites for hydroxylation is 1. The predicted molar refractivity (Wildman–Crippen MR) is 88.3 cm³/mol. The summed E-state index contributed by atoms with van der Waals surface area (Å²) in [6, 6.07) is 4.37. The maximum atomic E-state index is 9.23. The molecule has 3 heterocycles. The molecule has 1 aromatic rings. The number of likely N-dealkylation sites (tertiary alicyclic amines) is 1. The van der Waals surface area contributed by atoms with Gasteiger partial charge in [-0.15, -0.1) is 0 Å². The maximum absolute atomic E-state index is 9.23. The van der Waals surface area contributed by atoms with Crippen LogP contribution in [0, 0.1) is 11.3 Å². The molecule has 0 saturated carbocycles. The van der Waals surface area contributed by atoms with Crippen LogP contribution in [0.25, 0.3) is 0 Å². The molecule has 0 unspecified atom stereocenters. The SMILES string of the molecule is CCc1nc(C#N)cc(N2C[C@@H](OC)C[C@H]2CN2CCCC2)n1. The molecule has 0 bridgehead atoms. The van der Waals surface area contributed by atoms with Crippen molar-refractivity contribution < 1.29 is 4.74 Å². The maximum Gasteiger partial charge on any atom is 0.146 e. The second-order valence-electron chi connectivity index (χ2n) is 6.40. The molecule has 2 aliphatic heterocycles. The number of nitrogens with zero attached hydrogens (tertiary/aromatic N) is 5. The molecular weight excluding hydrogens is 290 g/mol. The summed E-state index contributed by atoms with van der Waals surface area (Å²) in [6.07, 6.45) is 4.58. The summed E-state index contributed by atoms with van der Waals surface area (Å²) in [6.45, 7) is 6.28. The molecule has 23 heavy (non-hydrogen) atoms. The molecule has 2 aliphatic rings. The predicted octanol–water partition coefficient (Wildman–Crippen LogP) is 1.60. The van der Waals surface area contributed by atoms with Gasteiger partial charge < -0.3 is 14.5 Å². The van der Waals surface area contributed by atoms with E-state index in [1.54, 1.807) is 7.11 Å². The molecule has 3 rings (SSSR count). The molecule has 2 fully saturated rings. The van der Waals surface area contributed by atoms with E-state index in [4.69, 9.17) is 4.74 Å². The highest BCUT2D eigenvalue weighted by Crippen LogP contribution is 2.27. The van der Waals surface area contributed by atoms with Crippen LogP contribution in [0.15, 0.2) is 6.07 Å². The van der Waals surface area contributed by atoms with Crippen LogP contribution in [0.3, 0.4) is 0 Å². The zero-order valence-corrected chi connectivity index (χ0v) is 14.0. The van der Waals surface area contributed by atoms with Crippen LogP contribution >= 0.6 is 0 Å². The highest BCUT2D eigenvalue weighted by atomic mass is 16.5. The lowest BCUT2D eigenvalue weighted by molar-refractivity contribution is 0.116. The van der Waals surface area contributed by atoms with Crippen LogP contribution in [0.1, 0.15) is 37.7 Å². The first-order valence-corrected chi connectivity index (χ1v) is 8.53. The Labute approximate surface area is 138 Å². The van der Waals surface area contributed by atoms with Gasteiger partial charge in [-0.2, -0.15) is 5.26 Å². The van der Waals surface area contributed by atoms with Crippen molar-refractivity contribution in [1.29, 1.82) is 5.26 Å². The lowest BCUT2D eigenvalue weighted by Crippen LogP contribution is -2.40. The first-order valence-electron chi connectivity index (χ1n) is 8.53. The number of anilines is 1. The number of ether oxygens (including phenoxy) is 1. The van der Waals surface area contributed by atoms with Crippen LogP contribution in [0.2, 0.25) is 0 Å². The highest BCUT2D eigenvalue weighted by Gasteiger charge is 2.35. The summed E-state index contributed by atoms with van der Waals surface area (Å²) in [5.41, 5.74) is 0.452. The van der Waals surface area contributed by atoms with Crippen molar-refractivity contribution in [3.8, 4) is 6.07 Å². The van der Waals surface area contributed by atoms with E-state index in [9.17, 15) is 5.26 Å². The fraction of sp³-hybridized carbons (Fsp3) is 0.706. The van der Waals surface area contributed by atoms with Crippen LogP contribution < -0.4 is 4.90 Å². The number of hydrogen-bond donors (Lipinski definition) is 0.